The molecule has 0 aliphatic carbocycles. The third kappa shape index (κ3) is 4.08. The van der Waals surface area contributed by atoms with Crippen LogP contribution < -0.4 is 9.64 Å². The van der Waals surface area contributed by atoms with Crippen molar-refractivity contribution in [1.82, 2.24) is 0 Å². The largest absolute Gasteiger partial charge is 0.484 e. The SMILES string of the molecule is Cc1cc(OCC(=O)N(CC#N)c2ccccc2)ccc1[N+](=O)[O-]. The van der Waals surface area contributed by atoms with Gasteiger partial charge in [-0.1, -0.05) is 18.2 Å². The summed E-state index contributed by atoms with van der Waals surface area (Å²) in [4.78, 5) is 23.9. The second-order valence-electron chi connectivity index (χ2n) is 4.97. The molecule has 2 aromatic carbocycles. The number of nitrogens with zero attached hydrogens (tertiary/aromatic N) is 3. The van der Waals surface area contributed by atoms with Gasteiger partial charge in [0, 0.05) is 17.3 Å². The zero-order valence-corrected chi connectivity index (χ0v) is 13.0. The lowest BCUT2D eigenvalue weighted by molar-refractivity contribution is -0.385. The van der Waals surface area contributed by atoms with Crippen LogP contribution in [0.3, 0.4) is 0 Å². The molecule has 0 spiro atoms. The van der Waals surface area contributed by atoms with Gasteiger partial charge in [0.15, 0.2) is 6.61 Å². The molecule has 0 bridgehead atoms. The molecular weight excluding hydrogens is 310 g/mol. The Balaban J connectivity index is 2.07. The number of carbonyl (C=O) groups excluding carboxylic acids is 1. The van der Waals surface area contributed by atoms with Gasteiger partial charge in [0.1, 0.15) is 12.3 Å². The van der Waals surface area contributed by atoms with Crippen molar-refractivity contribution in [2.45, 2.75) is 6.92 Å². The summed E-state index contributed by atoms with van der Waals surface area (Å²) in [5, 5.41) is 19.7. The average Bonchev–Trinajstić information content (AvgIpc) is 2.58. The highest BCUT2D eigenvalue weighted by Gasteiger charge is 2.17. The van der Waals surface area contributed by atoms with Gasteiger partial charge in [-0.2, -0.15) is 5.26 Å². The van der Waals surface area contributed by atoms with Crippen LogP contribution in [0.4, 0.5) is 11.4 Å². The smallest absolute Gasteiger partial charge is 0.272 e. The van der Waals surface area contributed by atoms with E-state index in [0.717, 1.165) is 0 Å². The number of rotatable bonds is 6. The Hall–Kier alpha value is -3.40. The molecule has 0 saturated heterocycles. The van der Waals surface area contributed by atoms with E-state index in [0.29, 0.717) is 17.0 Å². The van der Waals surface area contributed by atoms with Gasteiger partial charge in [-0.25, -0.2) is 0 Å². The Labute approximate surface area is 138 Å². The minimum atomic E-state index is -0.478. The van der Waals surface area contributed by atoms with Crippen molar-refractivity contribution in [2.24, 2.45) is 0 Å². The van der Waals surface area contributed by atoms with Gasteiger partial charge >= 0.3 is 0 Å². The monoisotopic (exact) mass is 325 g/mol. The summed E-state index contributed by atoms with van der Waals surface area (Å²) in [5.41, 5.74) is 1.04. The number of aryl methyl sites for hydroxylation is 1. The molecule has 1 amide bonds. The molecule has 0 aliphatic rings. The zero-order chi connectivity index (χ0) is 17.5. The van der Waals surface area contributed by atoms with E-state index < -0.39 is 4.92 Å². The van der Waals surface area contributed by atoms with E-state index in [1.165, 1.54) is 23.1 Å². The number of amides is 1. The quantitative estimate of drug-likeness (QED) is 0.462. The first-order chi connectivity index (χ1) is 11.5. The molecule has 7 heteroatoms. The maximum atomic E-state index is 12.3. The second-order valence-corrected chi connectivity index (χ2v) is 4.97. The Morgan fingerprint density at radius 2 is 2.00 bits per heavy atom. The molecule has 0 aliphatic heterocycles. The van der Waals surface area contributed by atoms with E-state index in [1.807, 2.05) is 12.1 Å². The van der Waals surface area contributed by atoms with E-state index in [1.54, 1.807) is 31.2 Å². The standard InChI is InChI=1S/C17H15N3O4/c1-13-11-15(7-8-16(13)20(22)23)24-12-17(21)19(10-9-18)14-5-3-2-4-6-14/h2-8,11H,10,12H2,1H3. The lowest BCUT2D eigenvalue weighted by Crippen LogP contribution is -2.35. The van der Waals surface area contributed by atoms with Crippen LogP contribution in [0.2, 0.25) is 0 Å². The van der Waals surface area contributed by atoms with Gasteiger partial charge in [-0.3, -0.25) is 19.8 Å². The fourth-order valence-electron chi connectivity index (χ4n) is 2.15. The summed E-state index contributed by atoms with van der Waals surface area (Å²) in [6.45, 7) is 1.23. The van der Waals surface area contributed by atoms with Crippen molar-refractivity contribution in [3.63, 3.8) is 0 Å². The van der Waals surface area contributed by atoms with E-state index in [4.69, 9.17) is 10.00 Å². The number of ether oxygens (including phenoxy) is 1. The van der Waals surface area contributed by atoms with Crippen LogP contribution in [0.5, 0.6) is 5.75 Å². The van der Waals surface area contributed by atoms with Crippen LogP contribution in [0, 0.1) is 28.4 Å². The van der Waals surface area contributed by atoms with E-state index in [-0.39, 0.29) is 24.7 Å². The Morgan fingerprint density at radius 3 is 2.58 bits per heavy atom. The third-order valence-electron chi connectivity index (χ3n) is 3.33. The first-order valence-electron chi connectivity index (χ1n) is 7.13. The molecular formula is C17H15N3O4. The third-order valence-corrected chi connectivity index (χ3v) is 3.33. The minimum absolute atomic E-state index is 0.0101. The predicted octanol–water partition coefficient (Wildman–Crippen LogP) is 2.84. The van der Waals surface area contributed by atoms with E-state index in [2.05, 4.69) is 0 Å². The molecule has 0 radical (unpaired) electrons. The van der Waals surface area contributed by atoms with Crippen LogP contribution in [0.25, 0.3) is 0 Å². The lowest BCUT2D eigenvalue weighted by Gasteiger charge is -2.19. The van der Waals surface area contributed by atoms with Crippen LogP contribution in [-0.4, -0.2) is 24.0 Å². The number of benzene rings is 2. The molecule has 0 fully saturated rings. The number of para-hydroxylation sites is 1. The molecule has 0 saturated carbocycles. The van der Waals surface area contributed by atoms with Crippen LogP contribution in [0.1, 0.15) is 5.56 Å². The molecule has 2 aromatic rings. The molecule has 0 heterocycles. The molecule has 0 aromatic heterocycles. The number of carbonyl (C=O) groups is 1. The highest BCUT2D eigenvalue weighted by atomic mass is 16.6. The van der Waals surface area contributed by atoms with Gasteiger partial charge in [-0.15, -0.1) is 0 Å². The molecule has 122 valence electrons. The molecule has 7 nitrogen and oxygen atoms in total. The lowest BCUT2D eigenvalue weighted by atomic mass is 10.2. The van der Waals surface area contributed by atoms with E-state index >= 15 is 0 Å². The maximum absolute atomic E-state index is 12.3. The Bertz CT molecular complexity index is 784. The van der Waals surface area contributed by atoms with Gasteiger partial charge in [-0.05, 0) is 31.2 Å². The fourth-order valence-corrected chi connectivity index (χ4v) is 2.15. The van der Waals surface area contributed by atoms with Crippen molar-refractivity contribution in [3.8, 4) is 11.8 Å². The summed E-state index contributed by atoms with van der Waals surface area (Å²) in [6.07, 6.45) is 0. The van der Waals surface area contributed by atoms with Crippen molar-refractivity contribution in [2.75, 3.05) is 18.1 Å². The minimum Gasteiger partial charge on any atom is -0.484 e. The number of hydrogen-bond donors (Lipinski definition) is 0. The summed E-state index contributed by atoms with van der Waals surface area (Å²) >= 11 is 0. The summed E-state index contributed by atoms with van der Waals surface area (Å²) in [7, 11) is 0. The van der Waals surface area contributed by atoms with Gasteiger partial charge in [0.2, 0.25) is 0 Å². The average molecular weight is 325 g/mol. The first-order valence-corrected chi connectivity index (χ1v) is 7.13. The second kappa shape index (κ2) is 7.74. The molecule has 0 unspecified atom stereocenters. The normalized spacial score (nSPS) is 9.83. The van der Waals surface area contributed by atoms with Crippen LogP contribution >= 0.6 is 0 Å². The van der Waals surface area contributed by atoms with Crippen molar-refractivity contribution in [3.05, 3.63) is 64.2 Å². The number of hydrogen-bond acceptors (Lipinski definition) is 5. The Kier molecular flexibility index (Phi) is 5.47. The van der Waals surface area contributed by atoms with Gasteiger partial charge < -0.3 is 4.74 Å². The van der Waals surface area contributed by atoms with Crippen molar-refractivity contribution in [1.29, 1.82) is 5.26 Å². The summed E-state index contributed by atoms with van der Waals surface area (Å²) < 4.78 is 5.41. The summed E-state index contributed by atoms with van der Waals surface area (Å²) in [6, 6.07) is 15.0. The number of nitro benzene ring substituents is 1. The number of nitro groups is 1. The first kappa shape index (κ1) is 17.0. The molecule has 24 heavy (non-hydrogen) atoms. The van der Waals surface area contributed by atoms with Crippen molar-refractivity contribution >= 4 is 17.3 Å². The van der Waals surface area contributed by atoms with Crippen LogP contribution in [0.15, 0.2) is 48.5 Å². The maximum Gasteiger partial charge on any atom is 0.272 e. The fraction of sp³-hybridized carbons (Fsp3) is 0.176. The van der Waals surface area contributed by atoms with Crippen molar-refractivity contribution < 1.29 is 14.5 Å². The van der Waals surface area contributed by atoms with Gasteiger partial charge in [0.05, 0.1) is 11.0 Å². The highest BCUT2D eigenvalue weighted by molar-refractivity contribution is 5.94. The predicted molar refractivity (Wildman–Crippen MR) is 87.7 cm³/mol. The summed E-state index contributed by atoms with van der Waals surface area (Å²) in [5.74, 6) is -0.0184. The van der Waals surface area contributed by atoms with E-state index in [9.17, 15) is 14.9 Å². The highest BCUT2D eigenvalue weighted by Crippen LogP contribution is 2.23. The van der Waals surface area contributed by atoms with Crippen LogP contribution in [-0.2, 0) is 4.79 Å². The molecule has 0 N–H and O–H groups in total. The Morgan fingerprint density at radius 1 is 1.29 bits per heavy atom. The topological polar surface area (TPSA) is 96.5 Å². The zero-order valence-electron chi connectivity index (χ0n) is 13.0. The molecule has 0 atom stereocenters. The number of nitriles is 1. The molecule has 2 rings (SSSR count). The van der Waals surface area contributed by atoms with Gasteiger partial charge in [0.25, 0.3) is 11.6 Å². The number of anilines is 1.